The van der Waals surface area contributed by atoms with Crippen LogP contribution in [0.3, 0.4) is 0 Å². The normalized spacial score (nSPS) is 19.4. The number of aryl methyl sites for hydroxylation is 1. The van der Waals surface area contributed by atoms with E-state index in [9.17, 15) is 9.59 Å². The number of nitrogens with zero attached hydrogens (tertiary/aromatic N) is 2. The number of carbonyl (C=O) groups is 2. The van der Waals surface area contributed by atoms with Crippen molar-refractivity contribution < 1.29 is 19.1 Å². The first kappa shape index (κ1) is 21.4. The number of amides is 2. The highest BCUT2D eigenvalue weighted by Crippen LogP contribution is 2.56. The summed E-state index contributed by atoms with van der Waals surface area (Å²) in [6.07, 6.45) is 0. The lowest BCUT2D eigenvalue weighted by atomic mass is 10.0. The molecule has 33 heavy (non-hydrogen) atoms. The van der Waals surface area contributed by atoms with Gasteiger partial charge in [-0.3, -0.25) is 14.5 Å². The Morgan fingerprint density at radius 1 is 0.939 bits per heavy atom. The number of fused-ring (bicyclic) bond motifs is 2. The van der Waals surface area contributed by atoms with Crippen molar-refractivity contribution in [2.75, 3.05) is 29.8 Å². The van der Waals surface area contributed by atoms with Crippen LogP contribution < -0.4 is 19.3 Å². The molecule has 0 aliphatic carbocycles. The lowest BCUT2D eigenvalue weighted by molar-refractivity contribution is -0.123. The molecule has 0 aromatic heterocycles. The molecule has 6 nitrogen and oxygen atoms in total. The van der Waals surface area contributed by atoms with E-state index in [1.165, 1.54) is 17.3 Å². The van der Waals surface area contributed by atoms with E-state index in [2.05, 4.69) is 0 Å². The zero-order valence-corrected chi connectivity index (χ0v) is 19.5. The molecule has 0 bridgehead atoms. The molecule has 1 atom stereocenters. The van der Waals surface area contributed by atoms with Gasteiger partial charge in [0.25, 0.3) is 5.91 Å². The van der Waals surface area contributed by atoms with Crippen LogP contribution in [-0.4, -0.2) is 31.8 Å². The van der Waals surface area contributed by atoms with E-state index in [0.29, 0.717) is 23.7 Å². The first-order valence-corrected chi connectivity index (χ1v) is 11.6. The molecule has 1 saturated heterocycles. The Morgan fingerprint density at radius 3 is 2.27 bits per heavy atom. The van der Waals surface area contributed by atoms with Crippen LogP contribution in [0.4, 0.5) is 11.4 Å². The lowest BCUT2D eigenvalue weighted by Gasteiger charge is -2.33. The molecule has 0 unspecified atom stereocenters. The van der Waals surface area contributed by atoms with Gasteiger partial charge >= 0.3 is 0 Å². The number of benzene rings is 3. The van der Waals surface area contributed by atoms with Crippen molar-refractivity contribution >= 4 is 35.0 Å². The van der Waals surface area contributed by atoms with Gasteiger partial charge < -0.3 is 14.4 Å². The summed E-state index contributed by atoms with van der Waals surface area (Å²) in [5.74, 6) is 1.06. The van der Waals surface area contributed by atoms with Gasteiger partial charge in [0.1, 0.15) is 11.5 Å². The summed E-state index contributed by atoms with van der Waals surface area (Å²) in [5.41, 5.74) is 4.41. The highest BCUT2D eigenvalue weighted by atomic mass is 32.2. The van der Waals surface area contributed by atoms with Gasteiger partial charge in [-0.2, -0.15) is 0 Å². The maximum atomic E-state index is 14.1. The standard InChI is InChI=1S/C26H24N2O4S/c1-17-8-10-18(11-9-17)15-27-23-7-5-4-6-22(23)26(25(27)30)28(24(29)16-33-26)19-12-20(31-2)14-21(13-19)32-3/h4-14H,15-16H2,1-3H3/t26-/m1/s1. The number of carbonyl (C=O) groups excluding carboxylic acids is 2. The number of thioether (sulfide) groups is 1. The van der Waals surface area contributed by atoms with Crippen molar-refractivity contribution in [1.29, 1.82) is 0 Å². The van der Waals surface area contributed by atoms with Crippen LogP contribution in [0.2, 0.25) is 0 Å². The van der Waals surface area contributed by atoms with Crippen LogP contribution in [0.5, 0.6) is 11.5 Å². The summed E-state index contributed by atoms with van der Waals surface area (Å²) in [6, 6.07) is 21.2. The molecule has 2 aliphatic rings. The van der Waals surface area contributed by atoms with E-state index in [4.69, 9.17) is 9.47 Å². The number of hydrogen-bond acceptors (Lipinski definition) is 5. The Bertz CT molecular complexity index is 1220. The van der Waals surface area contributed by atoms with Crippen LogP contribution >= 0.6 is 11.8 Å². The molecule has 3 aromatic rings. The third kappa shape index (κ3) is 3.35. The van der Waals surface area contributed by atoms with Crippen LogP contribution in [0, 0.1) is 6.92 Å². The minimum absolute atomic E-state index is 0.123. The maximum Gasteiger partial charge on any atom is 0.269 e. The highest BCUT2D eigenvalue weighted by Gasteiger charge is 2.61. The molecular weight excluding hydrogens is 436 g/mol. The van der Waals surface area contributed by atoms with Gasteiger partial charge in [-0.1, -0.05) is 48.0 Å². The van der Waals surface area contributed by atoms with Gasteiger partial charge in [0.2, 0.25) is 10.8 Å². The molecule has 7 heteroatoms. The minimum atomic E-state index is -1.17. The van der Waals surface area contributed by atoms with E-state index < -0.39 is 4.87 Å². The fourth-order valence-electron chi connectivity index (χ4n) is 4.51. The van der Waals surface area contributed by atoms with Crippen molar-refractivity contribution in [3.8, 4) is 11.5 Å². The van der Waals surface area contributed by atoms with E-state index in [1.807, 2.05) is 55.5 Å². The molecule has 0 N–H and O–H groups in total. The number of methoxy groups -OCH3 is 2. The van der Waals surface area contributed by atoms with Gasteiger partial charge in [-0.15, -0.1) is 11.8 Å². The highest BCUT2D eigenvalue weighted by molar-refractivity contribution is 8.02. The third-order valence-electron chi connectivity index (χ3n) is 6.12. The molecule has 2 aliphatic heterocycles. The number of rotatable bonds is 5. The largest absolute Gasteiger partial charge is 0.497 e. The summed E-state index contributed by atoms with van der Waals surface area (Å²) in [5, 5.41) is 0. The van der Waals surface area contributed by atoms with E-state index in [0.717, 1.165) is 16.8 Å². The smallest absolute Gasteiger partial charge is 0.269 e. The molecule has 1 spiro atoms. The number of anilines is 2. The Kier molecular flexibility index (Phi) is 5.29. The summed E-state index contributed by atoms with van der Waals surface area (Å²) >= 11 is 1.36. The average Bonchev–Trinajstić information content (AvgIpc) is 3.31. The predicted molar refractivity (Wildman–Crippen MR) is 130 cm³/mol. The second kappa shape index (κ2) is 8.15. The first-order chi connectivity index (χ1) is 16.0. The SMILES string of the molecule is COc1cc(OC)cc(N2C(=O)CS[C@]23C(=O)N(Cc2ccc(C)cc2)c2ccccc23)c1. The molecule has 2 heterocycles. The van der Waals surface area contributed by atoms with Gasteiger partial charge in [-0.25, -0.2) is 0 Å². The fraction of sp³-hybridized carbons (Fsp3) is 0.231. The van der Waals surface area contributed by atoms with Crippen molar-refractivity contribution in [2.45, 2.75) is 18.3 Å². The monoisotopic (exact) mass is 460 g/mol. The number of hydrogen-bond donors (Lipinski definition) is 0. The molecular formula is C26H24N2O4S. The molecule has 5 rings (SSSR count). The van der Waals surface area contributed by atoms with E-state index in [1.54, 1.807) is 42.2 Å². The van der Waals surface area contributed by atoms with Crippen molar-refractivity contribution in [1.82, 2.24) is 0 Å². The summed E-state index contributed by atoms with van der Waals surface area (Å²) in [4.78, 5) is 29.6. The maximum absolute atomic E-state index is 14.1. The minimum Gasteiger partial charge on any atom is -0.497 e. The van der Waals surface area contributed by atoms with Crippen LogP contribution in [0.25, 0.3) is 0 Å². The Morgan fingerprint density at radius 2 is 1.61 bits per heavy atom. The van der Waals surface area contributed by atoms with Gasteiger partial charge in [-0.05, 0) is 18.6 Å². The van der Waals surface area contributed by atoms with Gasteiger partial charge in [0, 0.05) is 23.8 Å². The Balaban J connectivity index is 1.64. The zero-order valence-electron chi connectivity index (χ0n) is 18.7. The fourth-order valence-corrected chi connectivity index (χ4v) is 5.87. The molecule has 168 valence electrons. The average molecular weight is 461 g/mol. The summed E-state index contributed by atoms with van der Waals surface area (Å²) in [7, 11) is 3.13. The van der Waals surface area contributed by atoms with Crippen LogP contribution in [0.1, 0.15) is 16.7 Å². The summed E-state index contributed by atoms with van der Waals surface area (Å²) in [6.45, 7) is 2.47. The quantitative estimate of drug-likeness (QED) is 0.562. The van der Waals surface area contributed by atoms with Crippen molar-refractivity contribution in [3.05, 3.63) is 83.4 Å². The molecule has 0 saturated carbocycles. The first-order valence-electron chi connectivity index (χ1n) is 10.6. The molecule has 1 fully saturated rings. The second-order valence-corrected chi connectivity index (χ2v) is 9.29. The lowest BCUT2D eigenvalue weighted by Crippen LogP contribution is -2.49. The van der Waals surface area contributed by atoms with E-state index in [-0.39, 0.29) is 17.6 Å². The number of para-hydroxylation sites is 1. The van der Waals surface area contributed by atoms with Gasteiger partial charge in [0.05, 0.1) is 37.9 Å². The van der Waals surface area contributed by atoms with Crippen LogP contribution in [0.15, 0.2) is 66.7 Å². The predicted octanol–water partition coefficient (Wildman–Crippen LogP) is 4.49. The molecule has 0 radical (unpaired) electrons. The van der Waals surface area contributed by atoms with E-state index >= 15 is 0 Å². The molecule has 2 amide bonds. The van der Waals surface area contributed by atoms with Gasteiger partial charge in [0.15, 0.2) is 0 Å². The van der Waals surface area contributed by atoms with Crippen molar-refractivity contribution in [2.24, 2.45) is 0 Å². The number of ether oxygens (including phenoxy) is 2. The Labute approximate surface area is 197 Å². The summed E-state index contributed by atoms with van der Waals surface area (Å²) < 4.78 is 10.9. The second-order valence-electron chi connectivity index (χ2n) is 8.13. The zero-order chi connectivity index (χ0) is 23.2. The van der Waals surface area contributed by atoms with Crippen molar-refractivity contribution in [3.63, 3.8) is 0 Å². The van der Waals surface area contributed by atoms with Crippen LogP contribution in [-0.2, 0) is 21.0 Å². The topological polar surface area (TPSA) is 59.1 Å². The third-order valence-corrected chi connectivity index (χ3v) is 7.51. The Hall–Kier alpha value is -3.45. The molecule has 3 aromatic carbocycles.